The third-order valence-corrected chi connectivity index (χ3v) is 7.34. The van der Waals surface area contributed by atoms with Crippen LogP contribution in [0.1, 0.15) is 53.3 Å². The maximum Gasteiger partial charge on any atom is 0.271 e. The Morgan fingerprint density at radius 1 is 1.27 bits per heavy atom. The number of Topliss-reactive ketones (excluding diaryl/α,β-unsaturated/α-hetero) is 1. The molecule has 1 saturated carbocycles. The van der Waals surface area contributed by atoms with Crippen molar-refractivity contribution in [3.05, 3.63) is 65.1 Å². The lowest BCUT2D eigenvalue weighted by Gasteiger charge is -2.36. The predicted octanol–water partition coefficient (Wildman–Crippen LogP) is 3.82. The number of halogens is 1. The molecule has 2 heterocycles. The molecule has 2 N–H and O–H groups in total. The van der Waals surface area contributed by atoms with Crippen molar-refractivity contribution in [1.29, 1.82) is 5.26 Å². The van der Waals surface area contributed by atoms with E-state index in [9.17, 15) is 24.0 Å². The van der Waals surface area contributed by atoms with Crippen LogP contribution >= 0.6 is 0 Å². The monoisotopic (exact) mass is 502 g/mol. The average Bonchev–Trinajstić information content (AvgIpc) is 3.52. The minimum Gasteiger partial charge on any atom is -0.496 e. The van der Waals surface area contributed by atoms with Crippen LogP contribution in [0.25, 0.3) is 10.9 Å². The van der Waals surface area contributed by atoms with Gasteiger partial charge in [-0.1, -0.05) is 12.1 Å². The average molecular weight is 503 g/mol. The summed E-state index contributed by atoms with van der Waals surface area (Å²) in [6.07, 6.45) is 2.60. The zero-order chi connectivity index (χ0) is 26.1. The van der Waals surface area contributed by atoms with Crippen LogP contribution in [0.15, 0.2) is 42.5 Å². The molecule has 1 unspecified atom stereocenters. The van der Waals surface area contributed by atoms with E-state index in [4.69, 9.17) is 4.74 Å². The minimum atomic E-state index is -1.06. The number of hydrogen-bond acceptors (Lipinski definition) is 5. The number of carbonyl (C=O) groups excluding carboxylic acids is 3. The van der Waals surface area contributed by atoms with Crippen LogP contribution in [-0.2, 0) is 16.0 Å². The molecule has 3 atom stereocenters. The van der Waals surface area contributed by atoms with Gasteiger partial charge in [-0.05, 0) is 67.1 Å². The minimum absolute atomic E-state index is 0.110. The molecule has 0 saturated heterocycles. The molecule has 8 nitrogen and oxygen atoms in total. The van der Waals surface area contributed by atoms with Crippen molar-refractivity contribution >= 4 is 28.5 Å². The van der Waals surface area contributed by atoms with Gasteiger partial charge in [-0.2, -0.15) is 5.26 Å². The molecule has 2 amide bonds. The molecule has 1 fully saturated rings. The lowest BCUT2D eigenvalue weighted by molar-refractivity contribution is -0.127. The zero-order valence-corrected chi connectivity index (χ0v) is 20.4. The number of ether oxygens (including phenoxy) is 1. The summed E-state index contributed by atoms with van der Waals surface area (Å²) >= 11 is 0. The summed E-state index contributed by atoms with van der Waals surface area (Å²) in [5, 5.41) is 13.2. The Morgan fingerprint density at radius 3 is 2.84 bits per heavy atom. The topological polar surface area (TPSA) is 115 Å². The van der Waals surface area contributed by atoms with Gasteiger partial charge in [-0.15, -0.1) is 0 Å². The summed E-state index contributed by atoms with van der Waals surface area (Å²) in [4.78, 5) is 44.0. The third kappa shape index (κ3) is 4.67. The predicted molar refractivity (Wildman–Crippen MR) is 133 cm³/mol. The summed E-state index contributed by atoms with van der Waals surface area (Å²) in [5.74, 6) is -0.884. The summed E-state index contributed by atoms with van der Waals surface area (Å²) < 4.78 is 19.4. The fraction of sp³-hybridized carbons (Fsp3) is 0.357. The van der Waals surface area contributed by atoms with Crippen LogP contribution in [0, 0.1) is 23.1 Å². The van der Waals surface area contributed by atoms with E-state index in [-0.39, 0.29) is 30.4 Å². The van der Waals surface area contributed by atoms with Gasteiger partial charge in [0, 0.05) is 29.8 Å². The number of methoxy groups -OCH3 is 1. The molecular formula is C28H27FN4O4. The maximum absolute atomic E-state index is 14.0. The second-order valence-corrected chi connectivity index (χ2v) is 9.58. The number of carbonyl (C=O) groups is 3. The van der Waals surface area contributed by atoms with Gasteiger partial charge >= 0.3 is 0 Å². The molecule has 0 spiro atoms. The highest BCUT2D eigenvalue weighted by Gasteiger charge is 2.38. The number of aromatic amines is 1. The van der Waals surface area contributed by atoms with E-state index < -0.39 is 29.7 Å². The van der Waals surface area contributed by atoms with E-state index in [1.165, 1.54) is 23.1 Å². The molecule has 5 rings (SSSR count). The Kier molecular flexibility index (Phi) is 6.66. The van der Waals surface area contributed by atoms with Crippen LogP contribution in [0.5, 0.6) is 5.75 Å². The molecule has 1 aromatic heterocycles. The molecule has 1 aliphatic carbocycles. The third-order valence-electron chi connectivity index (χ3n) is 7.34. The second kappa shape index (κ2) is 10.1. The van der Waals surface area contributed by atoms with E-state index in [1.807, 2.05) is 12.1 Å². The zero-order valence-electron chi connectivity index (χ0n) is 20.4. The lowest BCUT2D eigenvalue weighted by Crippen LogP contribution is -2.49. The van der Waals surface area contributed by atoms with Gasteiger partial charge in [0.2, 0.25) is 5.91 Å². The molecule has 190 valence electrons. The van der Waals surface area contributed by atoms with Crippen LogP contribution in [0.3, 0.4) is 0 Å². The fourth-order valence-corrected chi connectivity index (χ4v) is 5.49. The van der Waals surface area contributed by atoms with Crippen LogP contribution in [0.4, 0.5) is 4.39 Å². The first-order valence-corrected chi connectivity index (χ1v) is 12.4. The number of nitrogens with zero attached hydrogens (tertiary/aromatic N) is 2. The van der Waals surface area contributed by atoms with Gasteiger partial charge in [0.25, 0.3) is 5.91 Å². The number of benzene rings is 2. The summed E-state index contributed by atoms with van der Waals surface area (Å²) in [7, 11) is 1.55. The van der Waals surface area contributed by atoms with Crippen LogP contribution < -0.4 is 10.1 Å². The number of H-pyrrole nitrogens is 1. The quantitative estimate of drug-likeness (QED) is 0.532. The smallest absolute Gasteiger partial charge is 0.271 e. The molecule has 37 heavy (non-hydrogen) atoms. The Balaban J connectivity index is 1.46. The first-order chi connectivity index (χ1) is 17.9. The lowest BCUT2D eigenvalue weighted by atomic mass is 9.91. The first-order valence-electron chi connectivity index (χ1n) is 12.4. The van der Waals surface area contributed by atoms with Crippen molar-refractivity contribution in [3.8, 4) is 11.8 Å². The number of fused-ring (bicyclic) bond motifs is 2. The molecule has 3 aromatic rings. The number of ketones is 1. The maximum atomic E-state index is 14.0. The van der Waals surface area contributed by atoms with Crippen LogP contribution in [0.2, 0.25) is 0 Å². The van der Waals surface area contributed by atoms with Crippen molar-refractivity contribution in [2.24, 2.45) is 5.92 Å². The highest BCUT2D eigenvalue weighted by Crippen LogP contribution is 2.34. The van der Waals surface area contributed by atoms with E-state index >= 15 is 0 Å². The van der Waals surface area contributed by atoms with Crippen molar-refractivity contribution < 1.29 is 23.5 Å². The SMILES string of the molecule is COc1cccc2[nH]c(C(=O)N3CCc4cc(F)ccc4C3C(=O)N[C@H](C#N)C[C@@H]3CCCC3=O)cc12. The Labute approximate surface area is 213 Å². The number of amides is 2. The van der Waals surface area contributed by atoms with Crippen molar-refractivity contribution in [3.63, 3.8) is 0 Å². The molecule has 0 bridgehead atoms. The summed E-state index contributed by atoms with van der Waals surface area (Å²) in [6, 6.07) is 11.4. The largest absolute Gasteiger partial charge is 0.496 e. The van der Waals surface area contributed by atoms with E-state index in [2.05, 4.69) is 16.4 Å². The van der Waals surface area contributed by atoms with Gasteiger partial charge in [0.15, 0.2) is 0 Å². The van der Waals surface area contributed by atoms with Crippen molar-refractivity contribution in [2.45, 2.75) is 44.2 Å². The van der Waals surface area contributed by atoms with E-state index in [1.54, 1.807) is 19.2 Å². The Hall–Kier alpha value is -4.19. The molecular weight excluding hydrogens is 475 g/mol. The standard InChI is InChI=1S/C28H27FN4O4/c1-37-25-7-3-5-22-21(25)14-23(32-22)28(36)33-11-10-16-12-18(29)8-9-20(16)26(33)27(35)31-19(15-30)13-17-4-2-6-24(17)34/h3,5,7-9,12,14,17,19,26,32H,2,4,6,10-11,13H2,1H3,(H,31,35)/t17-,19-,26?/m0/s1. The normalized spacial score (nSPS) is 19.8. The fourth-order valence-electron chi connectivity index (χ4n) is 5.49. The summed E-state index contributed by atoms with van der Waals surface area (Å²) in [6.45, 7) is 0.193. The highest BCUT2D eigenvalue weighted by molar-refractivity contribution is 6.02. The highest BCUT2D eigenvalue weighted by atomic mass is 19.1. The summed E-state index contributed by atoms with van der Waals surface area (Å²) in [5.41, 5.74) is 2.16. The van der Waals surface area contributed by atoms with E-state index in [0.29, 0.717) is 41.7 Å². The second-order valence-electron chi connectivity index (χ2n) is 9.58. The van der Waals surface area contributed by atoms with Gasteiger partial charge in [-0.3, -0.25) is 14.4 Å². The Bertz CT molecular complexity index is 1430. The van der Waals surface area contributed by atoms with Crippen molar-refractivity contribution in [1.82, 2.24) is 15.2 Å². The van der Waals surface area contributed by atoms with E-state index in [0.717, 1.165) is 11.8 Å². The number of rotatable bonds is 6. The van der Waals surface area contributed by atoms with Crippen molar-refractivity contribution in [2.75, 3.05) is 13.7 Å². The Morgan fingerprint density at radius 2 is 2.11 bits per heavy atom. The molecule has 0 radical (unpaired) electrons. The van der Waals surface area contributed by atoms with Gasteiger partial charge in [0.05, 0.1) is 13.2 Å². The molecule has 2 aliphatic rings. The molecule has 2 aromatic carbocycles. The van der Waals surface area contributed by atoms with Gasteiger partial charge < -0.3 is 19.9 Å². The van der Waals surface area contributed by atoms with Crippen LogP contribution in [-0.4, -0.2) is 47.2 Å². The number of aromatic nitrogens is 1. The molecule has 1 aliphatic heterocycles. The van der Waals surface area contributed by atoms with Gasteiger partial charge in [-0.25, -0.2) is 4.39 Å². The number of hydrogen-bond donors (Lipinski definition) is 2. The number of nitrogens with one attached hydrogen (secondary N) is 2. The number of nitriles is 1. The van der Waals surface area contributed by atoms with Gasteiger partial charge in [0.1, 0.15) is 35.1 Å². The molecule has 9 heteroatoms. The first kappa shape index (κ1) is 24.5.